The highest BCUT2D eigenvalue weighted by Gasteiger charge is 2.54. The Morgan fingerprint density at radius 1 is 1.17 bits per heavy atom. The summed E-state index contributed by atoms with van der Waals surface area (Å²) in [7, 11) is 1.64. The van der Waals surface area contributed by atoms with Gasteiger partial charge in [0.2, 0.25) is 0 Å². The number of anilines is 2. The molecule has 1 aliphatic carbocycles. The van der Waals surface area contributed by atoms with Crippen molar-refractivity contribution in [3.05, 3.63) is 23.3 Å². The predicted octanol–water partition coefficient (Wildman–Crippen LogP) is -0.130. The summed E-state index contributed by atoms with van der Waals surface area (Å²) in [4.78, 5) is 25.1. The number of benzene rings is 1. The zero-order valence-corrected chi connectivity index (χ0v) is 9.99. The fraction of sp³-hybridized carbons (Fsp3) is 0.333. The van der Waals surface area contributed by atoms with Crippen molar-refractivity contribution in [2.45, 2.75) is 18.4 Å². The molecule has 0 aromatic heterocycles. The van der Waals surface area contributed by atoms with Gasteiger partial charge in [0.05, 0.1) is 11.4 Å². The molecule has 1 fully saturated rings. The van der Waals surface area contributed by atoms with E-state index in [1.54, 1.807) is 19.2 Å². The molecule has 94 valence electrons. The molecular formula is C12H14N4O2. The zero-order valence-electron chi connectivity index (χ0n) is 9.99. The Balaban J connectivity index is 2.07. The van der Waals surface area contributed by atoms with Gasteiger partial charge in [0.1, 0.15) is 5.54 Å². The molecule has 0 bridgehead atoms. The van der Waals surface area contributed by atoms with E-state index in [0.29, 0.717) is 24.2 Å². The van der Waals surface area contributed by atoms with Gasteiger partial charge in [-0.25, -0.2) is 4.79 Å². The van der Waals surface area contributed by atoms with Gasteiger partial charge in [0.25, 0.3) is 5.91 Å². The molecular weight excluding hydrogens is 232 g/mol. The molecule has 1 saturated heterocycles. The van der Waals surface area contributed by atoms with Crippen LogP contribution in [0.5, 0.6) is 0 Å². The van der Waals surface area contributed by atoms with Crippen molar-refractivity contribution in [1.29, 1.82) is 0 Å². The largest absolute Gasteiger partial charge is 0.397 e. The van der Waals surface area contributed by atoms with Gasteiger partial charge in [-0.1, -0.05) is 0 Å². The molecule has 1 aromatic carbocycles. The molecule has 5 N–H and O–H groups in total. The summed E-state index contributed by atoms with van der Waals surface area (Å²) in [6.45, 7) is 0. The quantitative estimate of drug-likeness (QED) is 0.438. The number of nitrogens with one attached hydrogen (secondary N) is 1. The van der Waals surface area contributed by atoms with Crippen LogP contribution >= 0.6 is 0 Å². The van der Waals surface area contributed by atoms with Gasteiger partial charge in [0, 0.05) is 19.9 Å². The summed E-state index contributed by atoms with van der Waals surface area (Å²) in [5.74, 6) is -0.247. The van der Waals surface area contributed by atoms with Gasteiger partial charge in [0.15, 0.2) is 0 Å². The lowest BCUT2D eigenvalue weighted by atomic mass is 9.95. The van der Waals surface area contributed by atoms with E-state index < -0.39 is 5.54 Å². The van der Waals surface area contributed by atoms with Crippen LogP contribution < -0.4 is 16.8 Å². The van der Waals surface area contributed by atoms with Crippen LogP contribution in [0.1, 0.15) is 11.1 Å². The number of hydrogen-bond acceptors (Lipinski definition) is 4. The normalized spacial score (nSPS) is 20.4. The van der Waals surface area contributed by atoms with Crippen molar-refractivity contribution in [2.24, 2.45) is 0 Å². The topological polar surface area (TPSA) is 101 Å². The van der Waals surface area contributed by atoms with Crippen molar-refractivity contribution in [3.8, 4) is 0 Å². The van der Waals surface area contributed by atoms with E-state index in [1.165, 1.54) is 4.90 Å². The summed E-state index contributed by atoms with van der Waals surface area (Å²) >= 11 is 0. The first-order valence-corrected chi connectivity index (χ1v) is 5.70. The van der Waals surface area contributed by atoms with Crippen molar-refractivity contribution >= 4 is 23.3 Å². The van der Waals surface area contributed by atoms with Crippen LogP contribution in [0.4, 0.5) is 16.2 Å². The Hall–Kier alpha value is -2.24. The van der Waals surface area contributed by atoms with Gasteiger partial charge < -0.3 is 16.4 Å². The minimum atomic E-state index is -0.806. The average Bonchev–Trinajstić information content (AvgIpc) is 2.76. The molecule has 0 saturated carbocycles. The van der Waals surface area contributed by atoms with Crippen LogP contribution in [-0.4, -0.2) is 29.4 Å². The number of imide groups is 1. The summed E-state index contributed by atoms with van der Waals surface area (Å²) in [5, 5.41) is 2.35. The molecule has 0 radical (unpaired) electrons. The van der Waals surface area contributed by atoms with Crippen LogP contribution in [0.15, 0.2) is 12.1 Å². The standard InChI is InChI=1S/C12H14N4O2/c1-16-11(18)15-10(17)12(16)4-6-2-8(13)9(14)3-7(6)5-12/h2-3H,4-5,13-14H2,1H3,(H,15,17,18). The van der Waals surface area contributed by atoms with Gasteiger partial charge in [-0.15, -0.1) is 0 Å². The fourth-order valence-corrected chi connectivity index (χ4v) is 2.79. The highest BCUT2D eigenvalue weighted by molar-refractivity contribution is 6.07. The molecule has 3 rings (SSSR count). The van der Waals surface area contributed by atoms with E-state index in [1.807, 2.05) is 0 Å². The fourth-order valence-electron chi connectivity index (χ4n) is 2.79. The molecule has 6 heteroatoms. The number of rotatable bonds is 0. The number of nitrogens with zero attached hydrogens (tertiary/aromatic N) is 1. The van der Waals surface area contributed by atoms with Crippen LogP contribution in [0.25, 0.3) is 0 Å². The Kier molecular flexibility index (Phi) is 1.91. The first-order valence-electron chi connectivity index (χ1n) is 5.70. The number of urea groups is 1. The summed E-state index contributed by atoms with van der Waals surface area (Å²) in [6, 6.07) is 3.24. The molecule has 18 heavy (non-hydrogen) atoms. The van der Waals surface area contributed by atoms with Crippen molar-refractivity contribution in [3.63, 3.8) is 0 Å². The van der Waals surface area contributed by atoms with E-state index in [9.17, 15) is 9.59 Å². The maximum Gasteiger partial charge on any atom is 0.324 e. The van der Waals surface area contributed by atoms with Crippen LogP contribution in [0.3, 0.4) is 0 Å². The second kappa shape index (κ2) is 3.16. The molecule has 3 amide bonds. The van der Waals surface area contributed by atoms with Crippen molar-refractivity contribution in [2.75, 3.05) is 18.5 Å². The third-order valence-electron chi connectivity index (χ3n) is 3.96. The number of carbonyl (C=O) groups is 2. The highest BCUT2D eigenvalue weighted by atomic mass is 16.2. The first kappa shape index (κ1) is 10.9. The monoisotopic (exact) mass is 246 g/mol. The Morgan fingerprint density at radius 2 is 1.67 bits per heavy atom. The Bertz CT molecular complexity index is 551. The second-order valence-electron chi connectivity index (χ2n) is 4.95. The van der Waals surface area contributed by atoms with Crippen molar-refractivity contribution in [1.82, 2.24) is 10.2 Å². The summed E-state index contributed by atoms with van der Waals surface area (Å²) in [5.41, 5.74) is 13.7. The third-order valence-corrected chi connectivity index (χ3v) is 3.96. The second-order valence-corrected chi connectivity index (χ2v) is 4.95. The number of nitrogen functional groups attached to an aromatic ring is 2. The number of likely N-dealkylation sites (N-methyl/N-ethyl adjacent to an activating group) is 1. The van der Waals surface area contributed by atoms with Gasteiger partial charge in [-0.2, -0.15) is 0 Å². The van der Waals surface area contributed by atoms with Crippen molar-refractivity contribution < 1.29 is 9.59 Å². The number of carbonyl (C=O) groups excluding carboxylic acids is 2. The minimum Gasteiger partial charge on any atom is -0.397 e. The van der Waals surface area contributed by atoms with E-state index in [0.717, 1.165) is 11.1 Å². The molecule has 1 spiro atoms. The average molecular weight is 246 g/mol. The summed E-state index contributed by atoms with van der Waals surface area (Å²) < 4.78 is 0. The zero-order chi connectivity index (χ0) is 13.1. The lowest BCUT2D eigenvalue weighted by molar-refractivity contribution is -0.125. The van der Waals surface area contributed by atoms with Gasteiger partial charge >= 0.3 is 6.03 Å². The molecule has 2 aliphatic rings. The van der Waals surface area contributed by atoms with Gasteiger partial charge in [-0.3, -0.25) is 10.1 Å². The Morgan fingerprint density at radius 3 is 2.06 bits per heavy atom. The first-order chi connectivity index (χ1) is 8.44. The van der Waals surface area contributed by atoms with E-state index in [2.05, 4.69) is 5.32 Å². The maximum absolute atomic E-state index is 12.0. The number of fused-ring (bicyclic) bond motifs is 1. The molecule has 0 unspecified atom stereocenters. The molecule has 1 heterocycles. The lowest BCUT2D eigenvalue weighted by Gasteiger charge is -2.27. The maximum atomic E-state index is 12.0. The van der Waals surface area contributed by atoms with E-state index in [-0.39, 0.29) is 11.9 Å². The van der Waals surface area contributed by atoms with Crippen LogP contribution in [0, 0.1) is 0 Å². The summed E-state index contributed by atoms with van der Waals surface area (Å²) in [6.07, 6.45) is 0.974. The molecule has 1 aliphatic heterocycles. The molecule has 1 aromatic rings. The highest BCUT2D eigenvalue weighted by Crippen LogP contribution is 2.39. The van der Waals surface area contributed by atoms with Crippen LogP contribution in [-0.2, 0) is 17.6 Å². The predicted molar refractivity (Wildman–Crippen MR) is 66.7 cm³/mol. The number of amides is 3. The third kappa shape index (κ3) is 1.17. The number of nitrogens with two attached hydrogens (primary N) is 2. The minimum absolute atomic E-state index is 0.247. The molecule has 6 nitrogen and oxygen atoms in total. The van der Waals surface area contributed by atoms with E-state index >= 15 is 0 Å². The SMILES string of the molecule is CN1C(=O)NC(=O)C12Cc1cc(N)c(N)cc1C2. The van der Waals surface area contributed by atoms with Crippen LogP contribution in [0.2, 0.25) is 0 Å². The Labute approximate surface area is 104 Å². The van der Waals surface area contributed by atoms with Gasteiger partial charge in [-0.05, 0) is 23.3 Å². The van der Waals surface area contributed by atoms with E-state index in [4.69, 9.17) is 11.5 Å². The lowest BCUT2D eigenvalue weighted by Crippen LogP contribution is -2.48. The molecule has 0 atom stereocenters. The smallest absolute Gasteiger partial charge is 0.324 e. The number of hydrogen-bond donors (Lipinski definition) is 3.